The van der Waals surface area contributed by atoms with Crippen LogP contribution >= 0.6 is 0 Å². The minimum atomic E-state index is -0.0202. The molecule has 1 amide bonds. The fourth-order valence-electron chi connectivity index (χ4n) is 2.79. The van der Waals surface area contributed by atoms with Crippen LogP contribution in [0.2, 0.25) is 0 Å². The molecule has 0 aliphatic carbocycles. The second-order valence-corrected chi connectivity index (χ2v) is 6.36. The van der Waals surface area contributed by atoms with E-state index in [9.17, 15) is 4.79 Å². The fourth-order valence-corrected chi connectivity index (χ4v) is 2.79. The van der Waals surface area contributed by atoms with E-state index in [2.05, 4.69) is 15.5 Å². The maximum atomic E-state index is 12.2. The molecule has 0 aliphatic rings. The van der Waals surface area contributed by atoms with Crippen molar-refractivity contribution >= 4 is 11.6 Å². The van der Waals surface area contributed by atoms with Gasteiger partial charge in [-0.05, 0) is 49.6 Å². The van der Waals surface area contributed by atoms with Gasteiger partial charge in [0.05, 0.1) is 12.7 Å². The average Bonchev–Trinajstić information content (AvgIpc) is 3.14. The first kappa shape index (κ1) is 18.6. The highest BCUT2D eigenvalue weighted by Crippen LogP contribution is 2.27. The molecule has 0 saturated carbocycles. The third kappa shape index (κ3) is 4.53. The summed E-state index contributed by atoms with van der Waals surface area (Å²) in [4.78, 5) is 16.6. The summed E-state index contributed by atoms with van der Waals surface area (Å²) in [5, 5.41) is 6.98. The van der Waals surface area contributed by atoms with Crippen molar-refractivity contribution in [3.05, 3.63) is 59.5 Å². The van der Waals surface area contributed by atoms with Gasteiger partial charge in [-0.25, -0.2) is 0 Å². The van der Waals surface area contributed by atoms with Crippen molar-refractivity contribution in [3.63, 3.8) is 0 Å². The Labute approximate surface area is 158 Å². The number of hydrogen-bond acceptors (Lipinski definition) is 5. The first-order chi connectivity index (χ1) is 13.1. The third-order valence-electron chi connectivity index (χ3n) is 4.49. The molecule has 0 spiro atoms. The minimum absolute atomic E-state index is 0.0202. The van der Waals surface area contributed by atoms with E-state index in [4.69, 9.17) is 9.26 Å². The molecule has 3 aromatic rings. The number of anilines is 1. The number of methoxy groups -OCH3 is 1. The van der Waals surface area contributed by atoms with Gasteiger partial charge in [0.1, 0.15) is 5.75 Å². The number of carbonyl (C=O) groups is 1. The molecule has 1 heterocycles. The van der Waals surface area contributed by atoms with Gasteiger partial charge in [-0.3, -0.25) is 4.79 Å². The van der Waals surface area contributed by atoms with E-state index in [1.807, 2.05) is 56.3 Å². The van der Waals surface area contributed by atoms with Gasteiger partial charge < -0.3 is 14.6 Å². The predicted octanol–water partition coefficient (Wildman–Crippen LogP) is 4.32. The lowest BCUT2D eigenvalue weighted by molar-refractivity contribution is -0.116. The maximum Gasteiger partial charge on any atom is 0.226 e. The summed E-state index contributed by atoms with van der Waals surface area (Å²) in [7, 11) is 1.61. The zero-order valence-electron chi connectivity index (χ0n) is 15.8. The fraction of sp³-hybridized carbons (Fsp3) is 0.286. The highest BCUT2D eigenvalue weighted by molar-refractivity contribution is 5.91. The number of carbonyl (C=O) groups excluding carboxylic acids is 1. The number of aryl methyl sites for hydroxylation is 2. The van der Waals surface area contributed by atoms with E-state index in [1.54, 1.807) is 7.11 Å². The lowest BCUT2D eigenvalue weighted by Crippen LogP contribution is -2.12. The van der Waals surface area contributed by atoms with Crippen LogP contribution in [0.25, 0.3) is 11.4 Å². The molecule has 27 heavy (non-hydrogen) atoms. The normalized spacial score (nSPS) is 10.6. The van der Waals surface area contributed by atoms with Crippen molar-refractivity contribution in [3.8, 4) is 17.1 Å². The number of amides is 1. The van der Waals surface area contributed by atoms with E-state index in [0.717, 1.165) is 22.4 Å². The summed E-state index contributed by atoms with van der Waals surface area (Å²) in [6.07, 6.45) is 1.56. The van der Waals surface area contributed by atoms with Crippen molar-refractivity contribution in [2.24, 2.45) is 0 Å². The summed E-state index contributed by atoms with van der Waals surface area (Å²) in [5.41, 5.74) is 3.88. The van der Waals surface area contributed by atoms with Crippen molar-refractivity contribution in [1.82, 2.24) is 10.1 Å². The number of rotatable bonds is 7. The van der Waals surface area contributed by atoms with Gasteiger partial charge in [-0.1, -0.05) is 29.4 Å². The number of benzene rings is 2. The van der Waals surface area contributed by atoms with Crippen LogP contribution in [0.4, 0.5) is 5.69 Å². The minimum Gasteiger partial charge on any atom is -0.496 e. The Bertz CT molecular complexity index is 934. The molecule has 1 N–H and O–H groups in total. The van der Waals surface area contributed by atoms with Crippen LogP contribution in [0.15, 0.2) is 47.0 Å². The van der Waals surface area contributed by atoms with Gasteiger partial charge in [0.15, 0.2) is 0 Å². The van der Waals surface area contributed by atoms with Crippen molar-refractivity contribution in [2.75, 3.05) is 12.4 Å². The van der Waals surface area contributed by atoms with Crippen molar-refractivity contribution < 1.29 is 14.1 Å². The zero-order valence-corrected chi connectivity index (χ0v) is 15.8. The van der Waals surface area contributed by atoms with E-state index in [-0.39, 0.29) is 5.91 Å². The SMILES string of the molecule is COc1ccccc1-c1noc(CCCC(=O)Nc2cccc(C)c2C)n1. The standard InChI is InChI=1S/C21H23N3O3/c1-14-8-6-10-17(15(14)2)22-19(25)12-7-13-20-23-21(24-27-20)16-9-4-5-11-18(16)26-3/h4-6,8-11H,7,12-13H2,1-3H3,(H,22,25). The molecule has 0 aliphatic heterocycles. The molecule has 1 aromatic heterocycles. The van der Waals surface area contributed by atoms with Gasteiger partial charge >= 0.3 is 0 Å². The summed E-state index contributed by atoms with van der Waals surface area (Å²) in [6.45, 7) is 4.03. The van der Waals surface area contributed by atoms with Crippen LogP contribution in [0.3, 0.4) is 0 Å². The second kappa shape index (κ2) is 8.49. The van der Waals surface area contributed by atoms with Gasteiger partial charge in [0, 0.05) is 18.5 Å². The van der Waals surface area contributed by atoms with E-state index in [1.165, 1.54) is 0 Å². The molecular formula is C21H23N3O3. The van der Waals surface area contributed by atoms with Crippen LogP contribution in [0.5, 0.6) is 5.75 Å². The van der Waals surface area contributed by atoms with Gasteiger partial charge in [-0.2, -0.15) is 4.98 Å². The maximum absolute atomic E-state index is 12.2. The van der Waals surface area contributed by atoms with Crippen LogP contribution in [0.1, 0.15) is 29.9 Å². The Morgan fingerprint density at radius 1 is 1.15 bits per heavy atom. The van der Waals surface area contributed by atoms with Gasteiger partial charge in [0.25, 0.3) is 0 Å². The molecule has 6 nitrogen and oxygen atoms in total. The number of hydrogen-bond donors (Lipinski definition) is 1. The molecule has 140 valence electrons. The molecule has 2 aromatic carbocycles. The molecule has 0 fully saturated rings. The summed E-state index contributed by atoms with van der Waals surface area (Å²) >= 11 is 0. The number of aromatic nitrogens is 2. The first-order valence-corrected chi connectivity index (χ1v) is 8.90. The van der Waals surface area contributed by atoms with Crippen LogP contribution in [-0.2, 0) is 11.2 Å². The topological polar surface area (TPSA) is 77.2 Å². The first-order valence-electron chi connectivity index (χ1n) is 8.90. The van der Waals surface area contributed by atoms with Crippen molar-refractivity contribution in [1.29, 1.82) is 0 Å². The number of para-hydroxylation sites is 1. The summed E-state index contributed by atoms with van der Waals surface area (Å²) in [5.74, 6) is 1.67. The summed E-state index contributed by atoms with van der Waals surface area (Å²) < 4.78 is 10.6. The Morgan fingerprint density at radius 3 is 2.78 bits per heavy atom. The van der Waals surface area contributed by atoms with E-state index in [0.29, 0.717) is 36.7 Å². The Balaban J connectivity index is 1.54. The lowest BCUT2D eigenvalue weighted by Gasteiger charge is -2.09. The van der Waals surface area contributed by atoms with Crippen LogP contribution in [0, 0.1) is 13.8 Å². The lowest BCUT2D eigenvalue weighted by atomic mass is 10.1. The number of nitrogens with zero attached hydrogens (tertiary/aromatic N) is 2. The van der Waals surface area contributed by atoms with Gasteiger partial charge in [0.2, 0.25) is 17.6 Å². The molecule has 0 radical (unpaired) electrons. The molecule has 0 unspecified atom stereocenters. The molecular weight excluding hydrogens is 342 g/mol. The number of nitrogens with one attached hydrogen (secondary N) is 1. The second-order valence-electron chi connectivity index (χ2n) is 6.36. The van der Waals surface area contributed by atoms with E-state index >= 15 is 0 Å². The van der Waals surface area contributed by atoms with Crippen LogP contribution < -0.4 is 10.1 Å². The Hall–Kier alpha value is -3.15. The quantitative estimate of drug-likeness (QED) is 0.674. The van der Waals surface area contributed by atoms with Crippen molar-refractivity contribution in [2.45, 2.75) is 33.1 Å². The largest absolute Gasteiger partial charge is 0.496 e. The van der Waals surface area contributed by atoms with Crippen LogP contribution in [-0.4, -0.2) is 23.2 Å². The highest BCUT2D eigenvalue weighted by atomic mass is 16.5. The summed E-state index contributed by atoms with van der Waals surface area (Å²) in [6, 6.07) is 13.4. The highest BCUT2D eigenvalue weighted by Gasteiger charge is 2.13. The monoisotopic (exact) mass is 365 g/mol. The Morgan fingerprint density at radius 2 is 1.96 bits per heavy atom. The average molecular weight is 365 g/mol. The molecule has 3 rings (SSSR count). The third-order valence-corrected chi connectivity index (χ3v) is 4.49. The Kier molecular flexibility index (Phi) is 5.86. The predicted molar refractivity (Wildman–Crippen MR) is 104 cm³/mol. The van der Waals surface area contributed by atoms with Gasteiger partial charge in [-0.15, -0.1) is 0 Å². The zero-order chi connectivity index (χ0) is 19.2. The molecule has 0 atom stereocenters. The molecule has 0 bridgehead atoms. The smallest absolute Gasteiger partial charge is 0.226 e. The molecule has 6 heteroatoms. The number of ether oxygens (including phenoxy) is 1. The van der Waals surface area contributed by atoms with E-state index < -0.39 is 0 Å². The molecule has 0 saturated heterocycles.